The van der Waals surface area contributed by atoms with Crippen LogP contribution in [0.15, 0.2) is 36.4 Å². The smallest absolute Gasteiger partial charge is 0.142 e. The van der Waals surface area contributed by atoms with Crippen LogP contribution >= 0.6 is 0 Å². The number of hydrogen-bond acceptors (Lipinski definition) is 2. The minimum absolute atomic E-state index is 0.706. The minimum Gasteiger partial charge on any atom is -0.495 e. The Morgan fingerprint density at radius 2 is 1.88 bits per heavy atom. The summed E-state index contributed by atoms with van der Waals surface area (Å²) in [5.74, 6) is 0.770. The van der Waals surface area contributed by atoms with Crippen LogP contribution in [0.1, 0.15) is 11.1 Å². The second-order valence-corrected chi connectivity index (χ2v) is 4.09. The van der Waals surface area contributed by atoms with Crippen molar-refractivity contribution in [3.63, 3.8) is 0 Å². The van der Waals surface area contributed by atoms with Crippen LogP contribution in [0.2, 0.25) is 0 Å². The fourth-order valence-electron chi connectivity index (χ4n) is 2.35. The van der Waals surface area contributed by atoms with Gasteiger partial charge in [0.15, 0.2) is 0 Å². The first-order valence-electron chi connectivity index (χ1n) is 5.34. The molecule has 2 N–H and O–H groups in total. The summed E-state index contributed by atoms with van der Waals surface area (Å²) in [7, 11) is 1.65. The Kier molecular flexibility index (Phi) is 1.90. The van der Waals surface area contributed by atoms with Gasteiger partial charge in [-0.2, -0.15) is 0 Å². The van der Waals surface area contributed by atoms with Crippen LogP contribution in [0.25, 0.3) is 11.1 Å². The van der Waals surface area contributed by atoms with Gasteiger partial charge in [-0.05, 0) is 40.8 Å². The molecule has 0 aliphatic heterocycles. The Balaban J connectivity index is 2.22. The lowest BCUT2D eigenvalue weighted by molar-refractivity contribution is 0.416. The zero-order valence-electron chi connectivity index (χ0n) is 9.16. The normalized spacial score (nSPS) is 12.1. The summed E-state index contributed by atoms with van der Waals surface area (Å²) in [5, 5.41) is 0. The first kappa shape index (κ1) is 9.28. The van der Waals surface area contributed by atoms with Crippen molar-refractivity contribution in [1.82, 2.24) is 0 Å². The number of methoxy groups -OCH3 is 1. The highest BCUT2D eigenvalue weighted by Gasteiger charge is 2.19. The van der Waals surface area contributed by atoms with E-state index < -0.39 is 0 Å². The van der Waals surface area contributed by atoms with Gasteiger partial charge >= 0.3 is 0 Å². The third-order valence-corrected chi connectivity index (χ3v) is 3.14. The van der Waals surface area contributed by atoms with Gasteiger partial charge in [0.1, 0.15) is 5.75 Å². The van der Waals surface area contributed by atoms with E-state index in [1.165, 1.54) is 22.3 Å². The molecule has 1 aliphatic carbocycles. The third kappa shape index (κ3) is 1.20. The molecule has 2 aromatic carbocycles. The lowest BCUT2D eigenvalue weighted by Gasteiger charge is -2.07. The number of hydrogen-bond donors (Lipinski definition) is 1. The van der Waals surface area contributed by atoms with Crippen LogP contribution in [0, 0.1) is 0 Å². The zero-order chi connectivity index (χ0) is 11.1. The fourth-order valence-corrected chi connectivity index (χ4v) is 2.35. The maximum atomic E-state index is 5.94. The number of ether oxygens (including phenoxy) is 1. The summed E-state index contributed by atoms with van der Waals surface area (Å²) in [6.07, 6.45) is 0.974. The van der Waals surface area contributed by atoms with Crippen LogP contribution in [0.3, 0.4) is 0 Å². The summed E-state index contributed by atoms with van der Waals surface area (Å²) >= 11 is 0. The molecule has 2 heteroatoms. The predicted octanol–water partition coefficient (Wildman–Crippen LogP) is 2.85. The quantitative estimate of drug-likeness (QED) is 0.628. The fraction of sp³-hybridized carbons (Fsp3) is 0.143. The number of nitrogen functional groups attached to an aromatic ring is 1. The molecule has 0 amide bonds. The molecule has 0 spiro atoms. The van der Waals surface area contributed by atoms with Gasteiger partial charge < -0.3 is 10.5 Å². The summed E-state index contributed by atoms with van der Waals surface area (Å²) in [6, 6.07) is 12.5. The molecule has 80 valence electrons. The molecule has 0 saturated carbocycles. The predicted molar refractivity (Wildman–Crippen MR) is 65.6 cm³/mol. The molecule has 2 aromatic rings. The molecule has 0 heterocycles. The maximum absolute atomic E-state index is 5.94. The number of rotatable bonds is 1. The highest BCUT2D eigenvalue weighted by molar-refractivity contribution is 5.81. The van der Waals surface area contributed by atoms with E-state index in [1.54, 1.807) is 7.11 Å². The van der Waals surface area contributed by atoms with Crippen LogP contribution in [0.4, 0.5) is 5.69 Å². The Bertz CT molecular complexity index is 561. The summed E-state index contributed by atoms with van der Waals surface area (Å²) in [5.41, 5.74) is 11.8. The Hall–Kier alpha value is -1.96. The van der Waals surface area contributed by atoms with Crippen molar-refractivity contribution in [2.24, 2.45) is 0 Å². The van der Waals surface area contributed by atoms with Gasteiger partial charge in [-0.1, -0.05) is 24.3 Å². The van der Waals surface area contributed by atoms with Gasteiger partial charge in [-0.15, -0.1) is 0 Å². The van der Waals surface area contributed by atoms with Gasteiger partial charge in [0.05, 0.1) is 12.8 Å². The molecule has 0 fully saturated rings. The van der Waals surface area contributed by atoms with E-state index in [-0.39, 0.29) is 0 Å². The molecule has 3 rings (SSSR count). The highest BCUT2D eigenvalue weighted by Crippen LogP contribution is 2.40. The van der Waals surface area contributed by atoms with E-state index in [4.69, 9.17) is 10.5 Å². The van der Waals surface area contributed by atoms with Gasteiger partial charge in [0, 0.05) is 0 Å². The van der Waals surface area contributed by atoms with E-state index in [0.717, 1.165) is 12.2 Å². The van der Waals surface area contributed by atoms with E-state index in [9.17, 15) is 0 Å². The topological polar surface area (TPSA) is 35.2 Å². The molecule has 0 atom stereocenters. The lowest BCUT2D eigenvalue weighted by atomic mass is 10.0. The van der Waals surface area contributed by atoms with Crippen LogP contribution in [-0.2, 0) is 6.42 Å². The number of benzene rings is 2. The first-order chi connectivity index (χ1) is 7.79. The van der Waals surface area contributed by atoms with Gasteiger partial charge in [-0.3, -0.25) is 0 Å². The molecular formula is C14H13NO. The molecule has 16 heavy (non-hydrogen) atoms. The Morgan fingerprint density at radius 1 is 1.06 bits per heavy atom. The van der Waals surface area contributed by atoms with Crippen molar-refractivity contribution >= 4 is 5.69 Å². The molecule has 0 unspecified atom stereocenters. The van der Waals surface area contributed by atoms with Crippen molar-refractivity contribution in [3.8, 4) is 16.9 Å². The average Bonchev–Trinajstić information content (AvgIpc) is 2.66. The summed E-state index contributed by atoms with van der Waals surface area (Å²) < 4.78 is 5.24. The van der Waals surface area contributed by atoms with Crippen molar-refractivity contribution in [3.05, 3.63) is 47.5 Å². The standard InChI is InChI=1S/C14H13NO/c1-16-14-7-10-6-9-4-2-3-5-11(9)12(10)8-13(14)15/h2-5,7-8H,6,15H2,1H3. The average molecular weight is 211 g/mol. The largest absolute Gasteiger partial charge is 0.495 e. The number of nitrogens with two attached hydrogens (primary N) is 1. The van der Waals surface area contributed by atoms with E-state index in [2.05, 4.69) is 24.3 Å². The van der Waals surface area contributed by atoms with Crippen molar-refractivity contribution < 1.29 is 4.74 Å². The summed E-state index contributed by atoms with van der Waals surface area (Å²) in [6.45, 7) is 0. The number of fused-ring (bicyclic) bond motifs is 3. The molecule has 2 nitrogen and oxygen atoms in total. The van der Waals surface area contributed by atoms with Crippen LogP contribution in [0.5, 0.6) is 5.75 Å². The Morgan fingerprint density at radius 3 is 2.69 bits per heavy atom. The maximum Gasteiger partial charge on any atom is 0.142 e. The van der Waals surface area contributed by atoms with Crippen molar-refractivity contribution in [2.45, 2.75) is 6.42 Å². The molecule has 0 bridgehead atoms. The highest BCUT2D eigenvalue weighted by atomic mass is 16.5. The van der Waals surface area contributed by atoms with Gasteiger partial charge in [0.25, 0.3) is 0 Å². The lowest BCUT2D eigenvalue weighted by Crippen LogP contribution is -1.94. The Labute approximate surface area is 94.7 Å². The second-order valence-electron chi connectivity index (χ2n) is 4.09. The monoisotopic (exact) mass is 211 g/mol. The van der Waals surface area contributed by atoms with Crippen LogP contribution in [-0.4, -0.2) is 7.11 Å². The third-order valence-electron chi connectivity index (χ3n) is 3.14. The van der Waals surface area contributed by atoms with E-state index in [1.807, 2.05) is 12.1 Å². The second kappa shape index (κ2) is 3.27. The molecule has 0 aromatic heterocycles. The van der Waals surface area contributed by atoms with E-state index in [0.29, 0.717) is 5.69 Å². The van der Waals surface area contributed by atoms with Crippen LogP contribution < -0.4 is 10.5 Å². The number of anilines is 1. The SMILES string of the molecule is COc1cc2c(cc1N)-c1ccccc1C2. The summed E-state index contributed by atoms with van der Waals surface area (Å²) in [4.78, 5) is 0. The molecule has 1 aliphatic rings. The molecular weight excluding hydrogens is 198 g/mol. The van der Waals surface area contributed by atoms with Crippen molar-refractivity contribution in [2.75, 3.05) is 12.8 Å². The molecule has 0 saturated heterocycles. The molecule has 0 radical (unpaired) electrons. The van der Waals surface area contributed by atoms with Gasteiger partial charge in [-0.25, -0.2) is 0 Å². The zero-order valence-corrected chi connectivity index (χ0v) is 9.16. The minimum atomic E-state index is 0.706. The van der Waals surface area contributed by atoms with Gasteiger partial charge in [0.2, 0.25) is 0 Å². The first-order valence-corrected chi connectivity index (χ1v) is 5.34. The van der Waals surface area contributed by atoms with Crippen molar-refractivity contribution in [1.29, 1.82) is 0 Å². The van der Waals surface area contributed by atoms with E-state index >= 15 is 0 Å².